The number of allylic oxidation sites excluding steroid dienone is 1. The molecule has 6 rings (SSSR count). The summed E-state index contributed by atoms with van der Waals surface area (Å²) in [5.74, 6) is -0.601. The Labute approximate surface area is 334 Å². The van der Waals surface area contributed by atoms with E-state index in [2.05, 4.69) is 60.0 Å². The maximum absolute atomic E-state index is 13.7. The molecule has 0 spiro atoms. The largest absolute Gasteiger partial charge is 0.465 e. The first kappa shape index (κ1) is 41.4. The third-order valence-electron chi connectivity index (χ3n) is 10.3. The van der Waals surface area contributed by atoms with Crippen LogP contribution in [0.1, 0.15) is 71.6 Å². The van der Waals surface area contributed by atoms with Crippen LogP contribution in [-0.4, -0.2) is 68.1 Å². The number of oxazole rings is 3. The van der Waals surface area contributed by atoms with Crippen molar-refractivity contribution in [2.75, 3.05) is 20.8 Å². The summed E-state index contributed by atoms with van der Waals surface area (Å²) >= 11 is 0. The molecule has 4 heterocycles. The fourth-order valence-electron chi connectivity index (χ4n) is 7.26. The molecule has 0 radical (unpaired) electrons. The number of benzene rings is 2. The molecule has 0 N–H and O–H groups in total. The van der Waals surface area contributed by atoms with Crippen LogP contribution in [0.4, 0.5) is 0 Å². The van der Waals surface area contributed by atoms with Crippen LogP contribution in [0.25, 0.3) is 29.2 Å². The Morgan fingerprint density at radius 3 is 2.00 bits per heavy atom. The topological polar surface area (TPSA) is 149 Å². The summed E-state index contributed by atoms with van der Waals surface area (Å²) in [7, 11) is 0.0600. The third-order valence-corrected chi connectivity index (χ3v) is 15.4. The fraction of sp³-hybridized carbons (Fsp3) is 0.386. The summed E-state index contributed by atoms with van der Waals surface area (Å²) in [4.78, 5) is 41.1. The van der Waals surface area contributed by atoms with E-state index in [0.29, 0.717) is 29.4 Å². The van der Waals surface area contributed by atoms with Gasteiger partial charge in [0.2, 0.25) is 17.7 Å². The van der Waals surface area contributed by atoms with Gasteiger partial charge in [-0.3, -0.25) is 9.59 Å². The van der Waals surface area contributed by atoms with Crippen molar-refractivity contribution >= 4 is 36.5 Å². The summed E-state index contributed by atoms with van der Waals surface area (Å²) < 4.78 is 42.0. The Kier molecular flexibility index (Phi) is 13.3. The van der Waals surface area contributed by atoms with Gasteiger partial charge in [-0.2, -0.15) is 0 Å². The number of aromatic nitrogens is 3. The van der Waals surface area contributed by atoms with Crippen molar-refractivity contribution in [3.63, 3.8) is 0 Å². The molecule has 12 nitrogen and oxygen atoms in total. The molecule has 0 saturated carbocycles. The Morgan fingerprint density at radius 2 is 1.35 bits per heavy atom. The lowest BCUT2D eigenvalue weighted by molar-refractivity contribution is -0.148. The van der Waals surface area contributed by atoms with Crippen LogP contribution in [-0.2, 0) is 28.2 Å². The average Bonchev–Trinajstić information content (AvgIpc) is 4.00. The van der Waals surface area contributed by atoms with Crippen molar-refractivity contribution in [3.8, 4) is 23.2 Å². The number of carbonyl (C=O) groups excluding carboxylic acids is 2. The second-order valence-electron chi connectivity index (χ2n) is 15.4. The van der Waals surface area contributed by atoms with Crippen LogP contribution in [0.2, 0.25) is 5.04 Å². The van der Waals surface area contributed by atoms with Crippen LogP contribution in [0.3, 0.4) is 0 Å². The second kappa shape index (κ2) is 18.4. The Balaban J connectivity index is 1.34. The van der Waals surface area contributed by atoms with Gasteiger partial charge in [0.25, 0.3) is 8.32 Å². The van der Waals surface area contributed by atoms with Crippen molar-refractivity contribution in [2.45, 2.75) is 77.2 Å². The van der Waals surface area contributed by atoms with E-state index in [-0.39, 0.29) is 54.1 Å². The molecule has 1 aliphatic rings. The van der Waals surface area contributed by atoms with Gasteiger partial charge < -0.3 is 31.9 Å². The first-order chi connectivity index (χ1) is 27.4. The van der Waals surface area contributed by atoms with Crippen LogP contribution < -0.4 is 10.4 Å². The van der Waals surface area contributed by atoms with Gasteiger partial charge in [0.05, 0.1) is 31.2 Å². The van der Waals surface area contributed by atoms with E-state index >= 15 is 0 Å². The van der Waals surface area contributed by atoms with Crippen molar-refractivity contribution < 1.29 is 41.5 Å². The number of carbonyl (C=O) groups is 2. The molecule has 0 amide bonds. The number of esters is 1. The Bertz CT molecular complexity index is 2090. The van der Waals surface area contributed by atoms with Gasteiger partial charge in [-0.05, 0) is 40.4 Å². The van der Waals surface area contributed by atoms with Gasteiger partial charge in [0, 0.05) is 20.1 Å². The Hall–Kier alpha value is -5.21. The van der Waals surface area contributed by atoms with Crippen LogP contribution in [0, 0.1) is 11.8 Å². The van der Waals surface area contributed by atoms with E-state index in [4.69, 9.17) is 31.9 Å². The molecule has 0 fully saturated rings. The van der Waals surface area contributed by atoms with E-state index in [1.807, 2.05) is 49.4 Å². The van der Waals surface area contributed by atoms with Gasteiger partial charge in [0.1, 0.15) is 30.6 Å². The smallest absolute Gasteiger partial charge is 0.308 e. The fourth-order valence-corrected chi connectivity index (χ4v) is 12.0. The highest BCUT2D eigenvalue weighted by Gasteiger charge is 2.51. The summed E-state index contributed by atoms with van der Waals surface area (Å²) in [5, 5.41) is 1.81. The molecular formula is C44H51N3O9Si. The van der Waals surface area contributed by atoms with Gasteiger partial charge in [-0.1, -0.05) is 107 Å². The number of methoxy groups -OCH3 is 2. The highest BCUT2D eigenvalue weighted by atomic mass is 28.4. The minimum atomic E-state index is -3.09. The minimum absolute atomic E-state index is 0.0264. The molecule has 300 valence electrons. The zero-order valence-corrected chi connectivity index (χ0v) is 34.5. The van der Waals surface area contributed by atoms with Crippen molar-refractivity contribution in [2.24, 2.45) is 11.8 Å². The maximum Gasteiger partial charge on any atom is 0.308 e. The van der Waals surface area contributed by atoms with E-state index in [1.165, 1.54) is 32.0 Å². The lowest BCUT2D eigenvalue weighted by Crippen LogP contribution is -2.67. The monoisotopic (exact) mass is 793 g/mol. The average molecular weight is 794 g/mol. The number of nitrogens with zero attached hydrogens (tertiary/aromatic N) is 3. The highest BCUT2D eigenvalue weighted by Crippen LogP contribution is 2.38. The molecule has 6 bridgehead atoms. The van der Waals surface area contributed by atoms with E-state index in [9.17, 15) is 9.59 Å². The third kappa shape index (κ3) is 9.50. The first-order valence-electron chi connectivity index (χ1n) is 19.2. The van der Waals surface area contributed by atoms with Gasteiger partial charge in [-0.15, -0.1) is 0 Å². The van der Waals surface area contributed by atoms with Gasteiger partial charge in [0.15, 0.2) is 17.2 Å². The molecule has 0 unspecified atom stereocenters. The first-order valence-corrected chi connectivity index (χ1v) is 21.1. The van der Waals surface area contributed by atoms with E-state index < -0.39 is 32.4 Å². The molecule has 0 aliphatic carbocycles. The number of rotatable bonds is 6. The number of hydrogen-bond donors (Lipinski definition) is 0. The predicted molar refractivity (Wildman–Crippen MR) is 217 cm³/mol. The van der Waals surface area contributed by atoms with Crippen molar-refractivity contribution in [1.82, 2.24) is 15.0 Å². The quantitative estimate of drug-likeness (QED) is 0.122. The van der Waals surface area contributed by atoms with Gasteiger partial charge in [-0.25, -0.2) is 15.0 Å². The van der Waals surface area contributed by atoms with Crippen LogP contribution in [0.15, 0.2) is 111 Å². The summed E-state index contributed by atoms with van der Waals surface area (Å²) in [5.41, 5.74) is 1.15. The molecule has 5 atom stereocenters. The summed E-state index contributed by atoms with van der Waals surface area (Å²) in [6.07, 6.45) is 10.4. The SMILES string of the molecule is CO[C@H]1C/C=C\c2nc(co2)-c2nc(co2)-c2nc(co2)[C@@H](OC)[C@@H](C)C(=O)/C=C\C[C@H](O[Si](c2ccccc2)(c2ccccc2)C(C)(C)C)CC(=O)OC[C@H]1C. The molecule has 13 heteroatoms. The molecule has 0 saturated heterocycles. The molecular weight excluding hydrogens is 743 g/mol. The maximum atomic E-state index is 13.7. The number of cyclic esters (lactones) is 1. The second-order valence-corrected chi connectivity index (χ2v) is 19.6. The van der Waals surface area contributed by atoms with Crippen molar-refractivity contribution in [3.05, 3.63) is 109 Å². The summed E-state index contributed by atoms with van der Waals surface area (Å²) in [6, 6.07) is 20.5. The highest BCUT2D eigenvalue weighted by molar-refractivity contribution is 6.99. The number of hydrogen-bond acceptors (Lipinski definition) is 12. The number of ether oxygens (including phenoxy) is 3. The normalized spacial score (nSPS) is 22.9. The molecule has 5 aromatic rings. The standard InChI is InChI=1S/C44H51N3O9Si/c1-29-25-53-40(49)24-31(56-57(44(3,4)5,32-17-10-8-11-18-32)33-19-12-9-13-20-33)16-14-21-37(48)30(2)41(51-7)34-26-54-43(46-34)36-28-55-42(47-36)35-27-52-39(45-35)23-15-22-38(29)50-6/h8-15,17-21,23,26-31,38,41H,16,22,24-25H2,1-7H3/b21-14-,23-15-/t29-,30+,31+,38+,41+/m1/s1. The predicted octanol–water partition coefficient (Wildman–Crippen LogP) is 7.77. The van der Waals surface area contributed by atoms with Gasteiger partial charge >= 0.3 is 5.97 Å². The molecule has 2 aromatic carbocycles. The van der Waals surface area contributed by atoms with Crippen LogP contribution in [0.5, 0.6) is 0 Å². The van der Waals surface area contributed by atoms with Crippen LogP contribution >= 0.6 is 0 Å². The lowest BCUT2D eigenvalue weighted by Gasteiger charge is -2.45. The van der Waals surface area contributed by atoms with E-state index in [0.717, 1.165) is 10.4 Å². The van der Waals surface area contributed by atoms with E-state index in [1.54, 1.807) is 26.2 Å². The zero-order valence-electron chi connectivity index (χ0n) is 33.5. The Morgan fingerprint density at radius 1 is 0.737 bits per heavy atom. The van der Waals surface area contributed by atoms with Crippen molar-refractivity contribution in [1.29, 1.82) is 0 Å². The number of fused-ring (bicyclic) bond motifs is 8. The number of ketones is 1. The zero-order chi connectivity index (χ0) is 40.6. The minimum Gasteiger partial charge on any atom is -0.465 e. The molecule has 1 aliphatic heterocycles. The molecule has 57 heavy (non-hydrogen) atoms. The summed E-state index contributed by atoms with van der Waals surface area (Å²) in [6.45, 7) is 10.4. The lowest BCUT2D eigenvalue weighted by atomic mass is 9.96. The molecule has 3 aromatic heterocycles.